The number of benzene rings is 1. The topological polar surface area (TPSA) is 40.7 Å². The lowest BCUT2D eigenvalue weighted by molar-refractivity contribution is 0.673. The summed E-state index contributed by atoms with van der Waals surface area (Å²) < 4.78 is 0. The molecule has 1 aromatic heterocycles. The van der Waals surface area contributed by atoms with Crippen LogP contribution in [0.5, 0.6) is 0 Å². The van der Waals surface area contributed by atoms with Crippen molar-refractivity contribution in [2.24, 2.45) is 0 Å². The van der Waals surface area contributed by atoms with Gasteiger partial charge >= 0.3 is 0 Å². The Morgan fingerprint density at radius 2 is 2.41 bits per heavy atom. The summed E-state index contributed by atoms with van der Waals surface area (Å²) >= 11 is 1.82. The smallest absolute Gasteiger partial charge is 0.166 e. The van der Waals surface area contributed by atoms with Crippen molar-refractivity contribution in [2.45, 2.75) is 31.0 Å². The highest BCUT2D eigenvalue weighted by atomic mass is 32.2. The Balaban J connectivity index is 1.72. The summed E-state index contributed by atoms with van der Waals surface area (Å²) in [6.45, 7) is 3.28. The Bertz CT molecular complexity index is 514. The third kappa shape index (κ3) is 2.48. The summed E-state index contributed by atoms with van der Waals surface area (Å²) in [5.74, 6) is 1.11. The van der Waals surface area contributed by atoms with Crippen molar-refractivity contribution in [2.75, 3.05) is 12.3 Å². The van der Waals surface area contributed by atoms with Crippen LogP contribution < -0.4 is 5.32 Å². The predicted molar refractivity (Wildman–Crippen MR) is 72.6 cm³/mol. The van der Waals surface area contributed by atoms with Crippen LogP contribution in [-0.2, 0) is 0 Å². The normalized spacial score (nSPS) is 20.2. The van der Waals surface area contributed by atoms with E-state index in [9.17, 15) is 0 Å². The van der Waals surface area contributed by atoms with Crippen LogP contribution in [0, 0.1) is 6.92 Å². The van der Waals surface area contributed by atoms with Crippen LogP contribution in [0.1, 0.15) is 18.4 Å². The number of H-pyrrole nitrogens is 1. The summed E-state index contributed by atoms with van der Waals surface area (Å²) in [4.78, 5) is 7.98. The zero-order valence-electron chi connectivity index (χ0n) is 9.99. The highest BCUT2D eigenvalue weighted by molar-refractivity contribution is 7.99. The number of fused-ring (bicyclic) bond motifs is 1. The molecule has 0 bridgehead atoms. The Morgan fingerprint density at radius 3 is 3.24 bits per heavy atom. The predicted octanol–water partition coefficient (Wildman–Crippen LogP) is 2.72. The number of hydrogen-bond acceptors (Lipinski definition) is 3. The van der Waals surface area contributed by atoms with Crippen molar-refractivity contribution in [1.29, 1.82) is 0 Å². The van der Waals surface area contributed by atoms with Crippen molar-refractivity contribution in [3.8, 4) is 0 Å². The van der Waals surface area contributed by atoms with E-state index in [0.29, 0.717) is 6.04 Å². The molecule has 0 amide bonds. The van der Waals surface area contributed by atoms with E-state index in [1.54, 1.807) is 0 Å². The van der Waals surface area contributed by atoms with E-state index < -0.39 is 0 Å². The number of nitrogens with zero attached hydrogens (tertiary/aromatic N) is 1. The molecule has 1 aliphatic heterocycles. The van der Waals surface area contributed by atoms with Crippen LogP contribution in [0.4, 0.5) is 0 Å². The van der Waals surface area contributed by atoms with Crippen molar-refractivity contribution in [1.82, 2.24) is 15.3 Å². The zero-order valence-corrected chi connectivity index (χ0v) is 10.8. The molecule has 2 heterocycles. The highest BCUT2D eigenvalue weighted by Gasteiger charge is 2.14. The average Bonchev–Trinajstić information content (AvgIpc) is 2.94. The van der Waals surface area contributed by atoms with Gasteiger partial charge < -0.3 is 10.3 Å². The lowest BCUT2D eigenvalue weighted by Gasteiger charge is -2.06. The van der Waals surface area contributed by atoms with Gasteiger partial charge in [-0.3, -0.25) is 0 Å². The maximum absolute atomic E-state index is 4.59. The SMILES string of the molecule is Cc1ccc2nc(SCC3CCCN3)[nH]c2c1. The van der Waals surface area contributed by atoms with E-state index in [1.807, 2.05) is 11.8 Å². The lowest BCUT2D eigenvalue weighted by atomic mass is 10.2. The molecule has 1 aromatic carbocycles. The Hall–Kier alpha value is -1.00. The summed E-state index contributed by atoms with van der Waals surface area (Å²) in [5, 5.41) is 4.55. The summed E-state index contributed by atoms with van der Waals surface area (Å²) in [6.07, 6.45) is 2.61. The molecule has 4 heteroatoms. The molecule has 1 aliphatic rings. The van der Waals surface area contributed by atoms with Gasteiger partial charge in [-0.15, -0.1) is 0 Å². The number of nitrogens with one attached hydrogen (secondary N) is 2. The number of thioether (sulfide) groups is 1. The fraction of sp³-hybridized carbons (Fsp3) is 0.462. The van der Waals surface area contributed by atoms with Gasteiger partial charge in [0.15, 0.2) is 5.16 Å². The van der Waals surface area contributed by atoms with E-state index in [-0.39, 0.29) is 0 Å². The Kier molecular flexibility index (Phi) is 3.07. The maximum atomic E-state index is 4.59. The standard InChI is InChI=1S/C13H17N3S/c1-9-4-5-11-12(7-9)16-13(15-11)17-8-10-3-2-6-14-10/h4-5,7,10,14H,2-3,6,8H2,1H3,(H,15,16). The van der Waals surface area contributed by atoms with E-state index in [4.69, 9.17) is 0 Å². The fourth-order valence-electron chi connectivity index (χ4n) is 2.25. The molecular weight excluding hydrogens is 230 g/mol. The molecule has 2 N–H and O–H groups in total. The van der Waals surface area contributed by atoms with E-state index in [2.05, 4.69) is 40.4 Å². The van der Waals surface area contributed by atoms with Gasteiger partial charge in [0.2, 0.25) is 0 Å². The largest absolute Gasteiger partial charge is 0.333 e. The van der Waals surface area contributed by atoms with Crippen LogP contribution >= 0.6 is 11.8 Å². The molecule has 17 heavy (non-hydrogen) atoms. The molecule has 1 atom stereocenters. The van der Waals surface area contributed by atoms with Crippen LogP contribution in [0.2, 0.25) is 0 Å². The first-order valence-electron chi connectivity index (χ1n) is 6.14. The quantitative estimate of drug-likeness (QED) is 0.819. The second-order valence-electron chi connectivity index (χ2n) is 4.67. The molecule has 0 aliphatic carbocycles. The molecule has 90 valence electrons. The van der Waals surface area contributed by atoms with Gasteiger partial charge in [0, 0.05) is 11.8 Å². The number of imidazole rings is 1. The van der Waals surface area contributed by atoms with Gasteiger partial charge in [0.05, 0.1) is 11.0 Å². The number of aryl methyl sites for hydroxylation is 1. The highest BCUT2D eigenvalue weighted by Crippen LogP contribution is 2.22. The molecular formula is C13H17N3S. The van der Waals surface area contributed by atoms with Gasteiger partial charge in [-0.05, 0) is 44.0 Å². The fourth-order valence-corrected chi connectivity index (χ4v) is 3.24. The summed E-state index contributed by atoms with van der Waals surface area (Å²) in [5.41, 5.74) is 3.49. The Morgan fingerprint density at radius 1 is 1.47 bits per heavy atom. The minimum absolute atomic E-state index is 0.662. The molecule has 0 saturated carbocycles. The molecule has 2 aromatic rings. The third-order valence-electron chi connectivity index (χ3n) is 3.20. The lowest BCUT2D eigenvalue weighted by Crippen LogP contribution is -2.23. The molecule has 1 unspecified atom stereocenters. The van der Waals surface area contributed by atoms with Crippen molar-refractivity contribution in [3.05, 3.63) is 23.8 Å². The second-order valence-corrected chi connectivity index (χ2v) is 5.68. The first kappa shape index (κ1) is 11.1. The zero-order chi connectivity index (χ0) is 11.7. The van der Waals surface area contributed by atoms with E-state index in [1.165, 1.54) is 24.9 Å². The van der Waals surface area contributed by atoms with Gasteiger partial charge in [-0.2, -0.15) is 0 Å². The summed E-state index contributed by atoms with van der Waals surface area (Å²) in [6, 6.07) is 7.00. The van der Waals surface area contributed by atoms with Crippen LogP contribution in [0.25, 0.3) is 11.0 Å². The number of hydrogen-bond donors (Lipinski definition) is 2. The Labute approximate surface area is 105 Å². The number of aromatic amines is 1. The summed E-state index contributed by atoms with van der Waals surface area (Å²) in [7, 11) is 0. The molecule has 0 radical (unpaired) electrons. The van der Waals surface area contributed by atoms with Gasteiger partial charge in [0.1, 0.15) is 0 Å². The van der Waals surface area contributed by atoms with Crippen molar-refractivity contribution in [3.63, 3.8) is 0 Å². The second kappa shape index (κ2) is 4.70. The van der Waals surface area contributed by atoms with E-state index in [0.717, 1.165) is 21.9 Å². The van der Waals surface area contributed by atoms with Crippen LogP contribution in [0.15, 0.2) is 23.4 Å². The average molecular weight is 247 g/mol. The first-order chi connectivity index (χ1) is 8.31. The minimum Gasteiger partial charge on any atom is -0.333 e. The molecule has 1 fully saturated rings. The monoisotopic (exact) mass is 247 g/mol. The van der Waals surface area contributed by atoms with Crippen LogP contribution in [-0.4, -0.2) is 28.3 Å². The third-order valence-corrected chi connectivity index (χ3v) is 4.24. The van der Waals surface area contributed by atoms with Crippen LogP contribution in [0.3, 0.4) is 0 Å². The molecule has 1 saturated heterocycles. The molecule has 0 spiro atoms. The molecule has 3 rings (SSSR count). The number of aromatic nitrogens is 2. The van der Waals surface area contributed by atoms with Crippen molar-refractivity contribution >= 4 is 22.8 Å². The molecule has 3 nitrogen and oxygen atoms in total. The first-order valence-corrected chi connectivity index (χ1v) is 7.12. The maximum Gasteiger partial charge on any atom is 0.166 e. The number of rotatable bonds is 3. The van der Waals surface area contributed by atoms with E-state index >= 15 is 0 Å². The van der Waals surface area contributed by atoms with Gasteiger partial charge in [0.25, 0.3) is 0 Å². The van der Waals surface area contributed by atoms with Gasteiger partial charge in [-0.25, -0.2) is 4.98 Å². The minimum atomic E-state index is 0.662. The van der Waals surface area contributed by atoms with Crippen molar-refractivity contribution < 1.29 is 0 Å². The van der Waals surface area contributed by atoms with Gasteiger partial charge in [-0.1, -0.05) is 17.8 Å².